The van der Waals surface area contributed by atoms with Gasteiger partial charge in [0.2, 0.25) is 0 Å². The van der Waals surface area contributed by atoms with Crippen molar-refractivity contribution in [1.29, 1.82) is 0 Å². The molecule has 12 aromatic heterocycles. The summed E-state index contributed by atoms with van der Waals surface area (Å²) in [5.74, 6) is 1.29. The van der Waals surface area contributed by atoms with E-state index in [-0.39, 0.29) is 216 Å². The maximum atomic E-state index is 13.4. The van der Waals surface area contributed by atoms with E-state index in [2.05, 4.69) is 320 Å². The van der Waals surface area contributed by atoms with Crippen LogP contribution in [0.5, 0.6) is 0 Å². The van der Waals surface area contributed by atoms with Crippen LogP contribution in [0.25, 0.3) is 197 Å². The molecular formula is C125H115FIr6N12. The number of halogens is 1. The van der Waals surface area contributed by atoms with Crippen LogP contribution in [-0.2, 0) is 121 Å². The Morgan fingerprint density at radius 2 is 0.556 bits per heavy atom. The van der Waals surface area contributed by atoms with Crippen molar-refractivity contribution >= 4 is 186 Å². The van der Waals surface area contributed by atoms with Crippen molar-refractivity contribution in [3.63, 3.8) is 0 Å². The molecule has 0 saturated carbocycles. The van der Waals surface area contributed by atoms with Crippen LogP contribution in [0.15, 0.2) is 353 Å². The zero-order valence-corrected chi connectivity index (χ0v) is 98.3. The van der Waals surface area contributed by atoms with Crippen LogP contribution in [0.4, 0.5) is 4.39 Å². The van der Waals surface area contributed by atoms with Gasteiger partial charge in [-0.05, 0) is 127 Å². The van der Waals surface area contributed by atoms with Gasteiger partial charge in [-0.3, -0.25) is 34.3 Å². The topological polar surface area (TPSA) is 104 Å². The van der Waals surface area contributed by atoms with E-state index in [1.807, 2.05) is 139 Å². The molecule has 27 aromatic rings. The summed E-state index contributed by atoms with van der Waals surface area (Å²) in [5, 5.41) is 20.4. The van der Waals surface area contributed by atoms with Gasteiger partial charge in [-0.2, -0.15) is 0 Å². The molecule has 0 spiro atoms. The Balaban J connectivity index is 0.000000353. The summed E-state index contributed by atoms with van der Waals surface area (Å²) in [6.07, 6.45) is 15.3. The summed E-state index contributed by atoms with van der Waals surface area (Å²) in [6, 6.07) is 124. The summed E-state index contributed by atoms with van der Waals surface area (Å²) >= 11 is 0. The number of para-hydroxylation sites is 7. The van der Waals surface area contributed by atoms with Crippen molar-refractivity contribution in [1.82, 2.24) is 56.3 Å². The Bertz CT molecular complexity index is 8920. The summed E-state index contributed by atoms with van der Waals surface area (Å²) < 4.78 is 26.4. The Hall–Kier alpha value is -12.1. The van der Waals surface area contributed by atoms with Crippen molar-refractivity contribution < 1.29 is 125 Å². The fourth-order valence-corrected chi connectivity index (χ4v) is 18.4. The molecule has 19 heteroatoms. The first-order chi connectivity index (χ1) is 62.0. The number of rotatable bonds is 4. The monoisotopic (exact) mass is 2960 g/mol. The number of pyridine rings is 6. The fraction of sp³-hybridized carbons (Fsp3) is 0.0720. The summed E-state index contributed by atoms with van der Waals surface area (Å²) in [7, 11) is 0. The molecule has 12 nitrogen and oxygen atoms in total. The van der Waals surface area contributed by atoms with E-state index in [1.54, 1.807) is 12.3 Å². The zero-order valence-electron chi connectivity index (χ0n) is 84.0. The van der Waals surface area contributed by atoms with Gasteiger partial charge < -0.3 is 116 Å². The molecule has 0 N–H and O–H groups in total. The number of fused-ring (bicyclic) bond motifs is 40. The summed E-state index contributed by atoms with van der Waals surface area (Å²) in [6.45, 7) is 13.4. The smallest absolute Gasteiger partial charge is 0.358 e. The van der Waals surface area contributed by atoms with E-state index in [9.17, 15) is 4.39 Å². The molecule has 0 unspecified atom stereocenters. The third-order valence-corrected chi connectivity index (χ3v) is 24.5. The van der Waals surface area contributed by atoms with Crippen molar-refractivity contribution in [2.45, 2.75) is 59.3 Å². The molecule has 0 bridgehead atoms. The van der Waals surface area contributed by atoms with Gasteiger partial charge in [0.25, 0.3) is 0 Å². The summed E-state index contributed by atoms with van der Waals surface area (Å²) in [5.41, 5.74) is 23.6. The second-order valence-electron chi connectivity index (χ2n) is 32.8. The van der Waals surface area contributed by atoms with Gasteiger partial charge >= 0.3 is 121 Å². The van der Waals surface area contributed by atoms with Gasteiger partial charge in [0, 0.05) is 94.1 Å². The number of nitrogens with zero attached hydrogens (tertiary/aromatic N) is 12. The first-order valence-corrected chi connectivity index (χ1v) is 42.6. The van der Waals surface area contributed by atoms with Crippen LogP contribution in [0.1, 0.15) is 76.0 Å². The van der Waals surface area contributed by atoms with Crippen molar-refractivity contribution in [3.05, 3.63) is 501 Å². The van der Waals surface area contributed by atoms with Crippen molar-refractivity contribution in [2.75, 3.05) is 0 Å². The largest absolute Gasteiger partial charge is 3.00 e. The van der Waals surface area contributed by atoms with E-state index >= 15 is 0 Å². The Labute approximate surface area is 929 Å². The minimum absolute atomic E-state index is 0. The third kappa shape index (κ3) is 22.0. The van der Waals surface area contributed by atoms with Crippen LogP contribution >= 0.6 is 0 Å². The number of hydrogen-bond donors (Lipinski definition) is 0. The predicted molar refractivity (Wildman–Crippen MR) is 594 cm³/mol. The number of benzene rings is 15. The second kappa shape index (κ2) is 52.6. The van der Waals surface area contributed by atoms with Gasteiger partial charge in [0.05, 0.1) is 55.9 Å². The first-order valence-electron chi connectivity index (χ1n) is 42.6. The van der Waals surface area contributed by atoms with E-state index in [0.29, 0.717) is 17.8 Å². The Morgan fingerprint density at radius 1 is 0.243 bits per heavy atom. The van der Waals surface area contributed by atoms with E-state index in [1.165, 1.54) is 121 Å². The molecule has 0 fully saturated rings. The molecule has 0 saturated heterocycles. The Morgan fingerprint density at radius 3 is 1.00 bits per heavy atom. The predicted octanol–water partition coefficient (Wildman–Crippen LogP) is 33.5. The van der Waals surface area contributed by atoms with E-state index < -0.39 is 0 Å². The molecule has 0 aliphatic heterocycles. The molecule has 0 aliphatic carbocycles. The molecule has 27 rings (SSSR count). The fourth-order valence-electron chi connectivity index (χ4n) is 18.4. The molecule has 12 heterocycles. The average molecular weight is 2960 g/mol. The maximum absolute atomic E-state index is 13.4. The number of aromatic nitrogens is 12. The molecule has 736 valence electrons. The average Bonchev–Trinajstić information content (AvgIpc) is 1.56. The van der Waals surface area contributed by atoms with Crippen LogP contribution in [0.2, 0.25) is 0 Å². The molecular weight excluding hydrogens is 2840 g/mol. The van der Waals surface area contributed by atoms with Crippen LogP contribution in [0, 0.1) is 131 Å². The van der Waals surface area contributed by atoms with E-state index in [4.69, 9.17) is 9.97 Å². The molecule has 0 atom stereocenters. The van der Waals surface area contributed by atoms with Crippen molar-refractivity contribution in [2.24, 2.45) is 0 Å². The van der Waals surface area contributed by atoms with Gasteiger partial charge in [0.1, 0.15) is 0 Å². The summed E-state index contributed by atoms with van der Waals surface area (Å²) in [4.78, 5) is 27.6. The molecule has 0 aliphatic rings. The van der Waals surface area contributed by atoms with Gasteiger partial charge in [-0.15, -0.1) is 166 Å². The van der Waals surface area contributed by atoms with Crippen LogP contribution in [-0.4, -0.2) is 56.3 Å². The standard InChI is InChI=1S/C24H19N2.C22H17N2.C19H11N2.C18H15N2.C15H8FN2.C15H9N2.12CH3.6Ir/c1-16(2)17-10-12-18(13-11-17)19-8-5-9-21-20-6-3-4-7-22(20)24-25-14-15-26(24)23(19)21;1-14(2)15-11-12-19-21(13-15)24-20-10-6-5-8-17(20)16-7-3-4-9-18(16)22(24)23-19;1-2-9-15-13(7-1)14-8-3-5-11-17(14)21-18-12-6-4-10-16(18)20-19(15)21;1-12(2)13-7-8-17-16(11-13)14-5-3-4-6-15(14)18-19-9-10-20(17)18;16-10-5-6-12-13(9-10)11-3-1-2-4-14(11)18-8-7-17-15(12)18;1-2-7-13-11(5-1)12-6-3-4-8-14(12)17-10-9-16-15(13)17;;;;;;;;;;;;;;;;;;/h3-6,8-16H,1-2H3;3-8,10-14H,1-2H3;1-8,10-12H;3-5,7-12H,1-2H3;1-5,7-9H;1-6,8-10H;12*1H3;;;;;;/q18*-1;6*+3. The first kappa shape index (κ1) is 124. The van der Waals surface area contributed by atoms with E-state index in [0.717, 1.165) is 99.0 Å². The minimum atomic E-state index is -0.274. The number of hydrogen-bond acceptors (Lipinski definition) is 6. The molecule has 144 heavy (non-hydrogen) atoms. The Kier molecular flexibility index (Phi) is 45.4. The maximum Gasteiger partial charge on any atom is 3.00 e. The molecule has 0 amide bonds. The zero-order chi connectivity index (χ0) is 84.8. The second-order valence-corrected chi connectivity index (χ2v) is 32.8. The normalized spacial score (nSPS) is 10.3. The SMILES string of the molecule is CC(C)c1ccc(-c2cccc3c4ccc[c-]c4c4nccn4c23)cc1.CC(C)c1ccc2c(c1)c1ccc[c-]c1c1nccn21.CC(C)c1ccc2nc3c4[c-]cccc4c4ccccc4n3c2c1.Fc1c[c-]c2c(c1)c1ccccc1n1ccnc21.[CH3-].[CH3-].[CH3-].[CH3-].[CH3-].[CH3-].[CH3-].[CH3-].[CH3-].[CH3-].[CH3-].[CH3-].[Ir+3].[Ir+3].[Ir+3].[Ir+3].[Ir+3].[Ir+3].[c-]1cccc2c1c1nc3ccccc3n1c1ccccc21.[c-]1cccc2c1c1nccn1c1ccccc21. The molecule has 15 aromatic carbocycles. The minimum Gasteiger partial charge on any atom is -0.358 e. The van der Waals surface area contributed by atoms with Gasteiger partial charge in [0.15, 0.2) is 0 Å². The van der Waals surface area contributed by atoms with Gasteiger partial charge in [-0.1, -0.05) is 225 Å². The third-order valence-electron chi connectivity index (χ3n) is 24.5. The quantitative estimate of drug-likeness (QED) is 0.128. The van der Waals surface area contributed by atoms with Crippen LogP contribution in [0.3, 0.4) is 0 Å². The number of imidazole rings is 6. The van der Waals surface area contributed by atoms with Crippen LogP contribution < -0.4 is 0 Å². The molecule has 0 radical (unpaired) electrons. The van der Waals surface area contributed by atoms with Gasteiger partial charge in [-0.25, -0.2) is 0 Å². The van der Waals surface area contributed by atoms with Crippen molar-refractivity contribution in [3.8, 4) is 11.1 Å².